The first-order valence-electron chi connectivity index (χ1n) is 4.03. The first-order valence-corrected chi connectivity index (χ1v) is 4.47. The van der Waals surface area contributed by atoms with E-state index in [0.717, 1.165) is 5.56 Å². The molecule has 1 aromatic rings. The van der Waals surface area contributed by atoms with Gasteiger partial charge in [0.25, 0.3) is 0 Å². The lowest BCUT2D eigenvalue weighted by Crippen LogP contribution is -2.06. The fourth-order valence-electron chi connectivity index (χ4n) is 1.14. The lowest BCUT2D eigenvalue weighted by atomic mass is 10.0. The molecular weight excluding hydrogens is 186 g/mol. The second-order valence-corrected chi connectivity index (χ2v) is 3.49. The number of carbonyl (C=O) groups excluding carboxylic acids is 1. The Hall–Kier alpha value is -1.02. The molecular formula is C10H12ClNO. The van der Waals surface area contributed by atoms with Gasteiger partial charge in [0.05, 0.1) is 0 Å². The second-order valence-electron chi connectivity index (χ2n) is 3.05. The number of Topliss-reactive ketones (excluding diaryl/α,β-unsaturated/α-hetero) is 1. The summed E-state index contributed by atoms with van der Waals surface area (Å²) in [7, 11) is 0. The number of anilines is 1. The maximum absolute atomic E-state index is 11.0. The maximum atomic E-state index is 11.0. The summed E-state index contributed by atoms with van der Waals surface area (Å²) in [5, 5.41) is -0.625. The van der Waals surface area contributed by atoms with Crippen LogP contribution in [0, 0.1) is 6.92 Å². The Kier molecular flexibility index (Phi) is 2.94. The first kappa shape index (κ1) is 10.1. The molecule has 1 unspecified atom stereocenters. The standard InChI is InChI=1S/C10H12ClNO/c1-6-4-3-5-8(10(6)12)9(11)7(2)13/h3-5,9H,12H2,1-2H3. The second kappa shape index (κ2) is 3.79. The van der Waals surface area contributed by atoms with Crippen LogP contribution in [0.15, 0.2) is 18.2 Å². The molecule has 0 fully saturated rings. The van der Waals surface area contributed by atoms with E-state index in [1.807, 2.05) is 19.1 Å². The van der Waals surface area contributed by atoms with Crippen molar-refractivity contribution in [1.29, 1.82) is 0 Å². The summed E-state index contributed by atoms with van der Waals surface area (Å²) in [6, 6.07) is 5.52. The molecule has 0 radical (unpaired) electrons. The summed E-state index contributed by atoms with van der Waals surface area (Å²) in [6.45, 7) is 3.35. The van der Waals surface area contributed by atoms with E-state index in [2.05, 4.69) is 0 Å². The number of aryl methyl sites for hydroxylation is 1. The van der Waals surface area contributed by atoms with E-state index in [0.29, 0.717) is 11.3 Å². The monoisotopic (exact) mass is 197 g/mol. The van der Waals surface area contributed by atoms with Gasteiger partial charge < -0.3 is 5.73 Å². The molecule has 0 aliphatic carbocycles. The third kappa shape index (κ3) is 2.01. The predicted molar refractivity (Wildman–Crippen MR) is 54.9 cm³/mol. The highest BCUT2D eigenvalue weighted by Crippen LogP contribution is 2.28. The van der Waals surface area contributed by atoms with Gasteiger partial charge in [0.1, 0.15) is 5.38 Å². The molecule has 0 spiro atoms. The molecule has 2 nitrogen and oxygen atoms in total. The number of rotatable bonds is 2. The lowest BCUT2D eigenvalue weighted by Gasteiger charge is -2.10. The van der Waals surface area contributed by atoms with Gasteiger partial charge in [-0.3, -0.25) is 4.79 Å². The van der Waals surface area contributed by atoms with Gasteiger partial charge >= 0.3 is 0 Å². The number of nitrogens with two attached hydrogens (primary N) is 1. The zero-order valence-corrected chi connectivity index (χ0v) is 8.43. The molecule has 0 saturated heterocycles. The van der Waals surface area contributed by atoms with Gasteiger partial charge in [-0.2, -0.15) is 0 Å². The normalized spacial score (nSPS) is 12.5. The van der Waals surface area contributed by atoms with Crippen molar-refractivity contribution in [2.75, 3.05) is 5.73 Å². The molecule has 1 atom stereocenters. The van der Waals surface area contributed by atoms with Gasteiger partial charge in [-0.1, -0.05) is 18.2 Å². The van der Waals surface area contributed by atoms with Crippen molar-refractivity contribution in [2.24, 2.45) is 0 Å². The van der Waals surface area contributed by atoms with Gasteiger partial charge in [0.15, 0.2) is 5.78 Å². The van der Waals surface area contributed by atoms with Gasteiger partial charge in [-0.15, -0.1) is 11.6 Å². The maximum Gasteiger partial charge on any atom is 0.152 e. The number of para-hydroxylation sites is 1. The molecule has 0 aromatic heterocycles. The van der Waals surface area contributed by atoms with E-state index in [-0.39, 0.29) is 5.78 Å². The number of hydrogen-bond acceptors (Lipinski definition) is 2. The minimum atomic E-state index is -0.625. The predicted octanol–water partition coefficient (Wildman–Crippen LogP) is 2.45. The highest BCUT2D eigenvalue weighted by Gasteiger charge is 2.16. The third-order valence-corrected chi connectivity index (χ3v) is 2.53. The number of halogens is 1. The fourth-order valence-corrected chi connectivity index (χ4v) is 1.33. The fraction of sp³-hybridized carbons (Fsp3) is 0.300. The average molecular weight is 198 g/mol. The van der Waals surface area contributed by atoms with Crippen LogP contribution in [0.1, 0.15) is 23.4 Å². The SMILES string of the molecule is CC(=O)C(Cl)c1cccc(C)c1N. The average Bonchev–Trinajstić information content (AvgIpc) is 2.08. The van der Waals surface area contributed by atoms with Crippen LogP contribution in [0.25, 0.3) is 0 Å². The van der Waals surface area contributed by atoms with Crippen molar-refractivity contribution in [3.05, 3.63) is 29.3 Å². The summed E-state index contributed by atoms with van der Waals surface area (Å²) in [6.07, 6.45) is 0. The van der Waals surface area contributed by atoms with Crippen LogP contribution in [0.5, 0.6) is 0 Å². The Labute approximate surface area is 82.7 Å². The summed E-state index contributed by atoms with van der Waals surface area (Å²) >= 11 is 5.89. The number of ketones is 1. The zero-order valence-electron chi connectivity index (χ0n) is 7.67. The van der Waals surface area contributed by atoms with Crippen LogP contribution < -0.4 is 5.73 Å². The smallest absolute Gasteiger partial charge is 0.152 e. The molecule has 0 aliphatic heterocycles. The Morgan fingerprint density at radius 1 is 1.54 bits per heavy atom. The molecule has 1 rings (SSSR count). The molecule has 13 heavy (non-hydrogen) atoms. The van der Waals surface area contributed by atoms with Crippen LogP contribution in [-0.2, 0) is 4.79 Å². The molecule has 0 aliphatic rings. The quantitative estimate of drug-likeness (QED) is 0.585. The number of carbonyl (C=O) groups is 1. The minimum Gasteiger partial charge on any atom is -0.398 e. The van der Waals surface area contributed by atoms with Gasteiger partial charge in [-0.05, 0) is 19.4 Å². The molecule has 0 bridgehead atoms. The Balaban J connectivity index is 3.15. The molecule has 0 amide bonds. The van der Waals surface area contributed by atoms with Crippen LogP contribution in [-0.4, -0.2) is 5.78 Å². The van der Waals surface area contributed by atoms with Gasteiger partial charge in [0, 0.05) is 11.3 Å². The van der Waals surface area contributed by atoms with Crippen LogP contribution >= 0.6 is 11.6 Å². The lowest BCUT2D eigenvalue weighted by molar-refractivity contribution is -0.116. The van der Waals surface area contributed by atoms with Gasteiger partial charge in [-0.25, -0.2) is 0 Å². The van der Waals surface area contributed by atoms with E-state index in [4.69, 9.17) is 17.3 Å². The Morgan fingerprint density at radius 2 is 2.15 bits per heavy atom. The van der Waals surface area contributed by atoms with E-state index in [9.17, 15) is 4.79 Å². The summed E-state index contributed by atoms with van der Waals surface area (Å²) in [4.78, 5) is 11.0. The molecule has 3 heteroatoms. The largest absolute Gasteiger partial charge is 0.398 e. The van der Waals surface area contributed by atoms with Crippen LogP contribution in [0.3, 0.4) is 0 Å². The first-order chi connectivity index (χ1) is 6.04. The summed E-state index contributed by atoms with van der Waals surface area (Å²) in [5.41, 5.74) is 8.05. The highest BCUT2D eigenvalue weighted by molar-refractivity contribution is 6.31. The minimum absolute atomic E-state index is 0.0843. The molecule has 2 N–H and O–H groups in total. The van der Waals surface area contributed by atoms with E-state index in [1.54, 1.807) is 6.07 Å². The van der Waals surface area contributed by atoms with Crippen molar-refractivity contribution in [3.8, 4) is 0 Å². The molecule has 70 valence electrons. The summed E-state index contributed by atoms with van der Waals surface area (Å²) < 4.78 is 0. The van der Waals surface area contributed by atoms with Crippen molar-refractivity contribution in [1.82, 2.24) is 0 Å². The van der Waals surface area contributed by atoms with Crippen LogP contribution in [0.2, 0.25) is 0 Å². The number of hydrogen-bond donors (Lipinski definition) is 1. The van der Waals surface area contributed by atoms with Gasteiger partial charge in [0.2, 0.25) is 0 Å². The zero-order chi connectivity index (χ0) is 10.0. The Morgan fingerprint density at radius 3 is 2.69 bits per heavy atom. The Bertz CT molecular complexity index is 336. The van der Waals surface area contributed by atoms with E-state index >= 15 is 0 Å². The van der Waals surface area contributed by atoms with Crippen molar-refractivity contribution < 1.29 is 4.79 Å². The topological polar surface area (TPSA) is 43.1 Å². The third-order valence-electron chi connectivity index (χ3n) is 1.99. The van der Waals surface area contributed by atoms with Crippen LogP contribution in [0.4, 0.5) is 5.69 Å². The molecule has 1 aromatic carbocycles. The number of alkyl halides is 1. The number of nitrogen functional groups attached to an aromatic ring is 1. The highest BCUT2D eigenvalue weighted by atomic mass is 35.5. The summed E-state index contributed by atoms with van der Waals surface area (Å²) in [5.74, 6) is -0.0843. The van der Waals surface area contributed by atoms with E-state index < -0.39 is 5.38 Å². The van der Waals surface area contributed by atoms with Crippen molar-refractivity contribution in [3.63, 3.8) is 0 Å². The molecule has 0 saturated carbocycles. The van der Waals surface area contributed by atoms with E-state index in [1.165, 1.54) is 6.92 Å². The van der Waals surface area contributed by atoms with Crippen molar-refractivity contribution >= 4 is 23.1 Å². The molecule has 0 heterocycles. The van der Waals surface area contributed by atoms with Crippen molar-refractivity contribution in [2.45, 2.75) is 19.2 Å². The number of benzene rings is 1.